The number of ether oxygens (including phenoxy) is 1. The first-order valence-corrected chi connectivity index (χ1v) is 10.4. The first kappa shape index (κ1) is 22.4. The van der Waals surface area contributed by atoms with E-state index in [-0.39, 0.29) is 11.7 Å². The number of anilines is 1. The second-order valence-electron chi connectivity index (χ2n) is 7.95. The molecule has 10 nitrogen and oxygen atoms in total. The fraction of sp³-hybridized carbons (Fsp3) is 0.227. The van der Waals surface area contributed by atoms with Crippen LogP contribution in [-0.4, -0.2) is 41.2 Å². The molecule has 0 radical (unpaired) electrons. The quantitative estimate of drug-likeness (QED) is 0.472. The number of aromatic nitrogens is 5. The molecule has 1 aliphatic rings. The molecule has 0 spiro atoms. The zero-order valence-corrected chi connectivity index (χ0v) is 18.5. The van der Waals surface area contributed by atoms with Crippen molar-refractivity contribution in [3.8, 4) is 11.6 Å². The number of benzene rings is 1. The SMILES string of the molecule is CC(=O)N1Cc2ncnc(Oc3ccc4c(ccn4C(=O)Nc4cc(C(F)(F)F)n(C)n4)c3)c2C1. The number of rotatable bonds is 3. The molecule has 0 aliphatic carbocycles. The van der Waals surface area contributed by atoms with Crippen molar-refractivity contribution < 1.29 is 27.5 Å². The number of alkyl halides is 3. The molecule has 35 heavy (non-hydrogen) atoms. The maximum atomic E-state index is 13.0. The van der Waals surface area contributed by atoms with Gasteiger partial charge in [0.1, 0.15) is 17.8 Å². The number of hydrogen-bond acceptors (Lipinski definition) is 6. The van der Waals surface area contributed by atoms with E-state index >= 15 is 0 Å². The average Bonchev–Trinajstić information content (AvgIpc) is 3.49. The van der Waals surface area contributed by atoms with Gasteiger partial charge < -0.3 is 9.64 Å². The zero-order valence-electron chi connectivity index (χ0n) is 18.5. The van der Waals surface area contributed by atoms with Gasteiger partial charge >= 0.3 is 12.2 Å². The summed E-state index contributed by atoms with van der Waals surface area (Å²) in [5, 5.41) is 6.74. The van der Waals surface area contributed by atoms with E-state index in [9.17, 15) is 22.8 Å². The minimum Gasteiger partial charge on any atom is -0.439 e. The van der Waals surface area contributed by atoms with Crippen LogP contribution in [0, 0.1) is 0 Å². The van der Waals surface area contributed by atoms with Gasteiger partial charge in [-0.05, 0) is 24.3 Å². The zero-order chi connectivity index (χ0) is 24.9. The number of nitrogens with zero attached hydrogens (tertiary/aromatic N) is 6. The molecule has 1 N–H and O–H groups in total. The van der Waals surface area contributed by atoms with Crippen LogP contribution in [0.15, 0.2) is 42.9 Å². The monoisotopic (exact) mass is 485 g/mol. The van der Waals surface area contributed by atoms with Gasteiger partial charge in [-0.1, -0.05) is 0 Å². The largest absolute Gasteiger partial charge is 0.439 e. The molecule has 180 valence electrons. The van der Waals surface area contributed by atoms with Gasteiger partial charge in [0.05, 0.1) is 29.9 Å². The summed E-state index contributed by atoms with van der Waals surface area (Å²) in [5.41, 5.74) is 0.984. The number of nitrogens with one attached hydrogen (secondary N) is 1. The van der Waals surface area contributed by atoms with Crippen LogP contribution in [0.4, 0.5) is 23.8 Å². The van der Waals surface area contributed by atoms with Gasteiger partial charge in [-0.3, -0.25) is 19.4 Å². The Balaban J connectivity index is 1.36. The van der Waals surface area contributed by atoms with Gasteiger partial charge in [0, 0.05) is 31.6 Å². The lowest BCUT2D eigenvalue weighted by molar-refractivity contribution is -0.143. The van der Waals surface area contributed by atoms with Crippen LogP contribution in [0.5, 0.6) is 11.6 Å². The molecule has 0 fully saturated rings. The van der Waals surface area contributed by atoms with Crippen molar-refractivity contribution in [1.29, 1.82) is 0 Å². The maximum Gasteiger partial charge on any atom is 0.433 e. The molecular weight excluding hydrogens is 467 g/mol. The van der Waals surface area contributed by atoms with E-state index < -0.39 is 17.9 Å². The normalized spacial score (nSPS) is 13.2. The van der Waals surface area contributed by atoms with E-state index in [4.69, 9.17) is 4.74 Å². The smallest absolute Gasteiger partial charge is 0.433 e. The first-order chi connectivity index (χ1) is 16.6. The first-order valence-electron chi connectivity index (χ1n) is 10.4. The molecule has 0 saturated heterocycles. The van der Waals surface area contributed by atoms with Crippen LogP contribution >= 0.6 is 0 Å². The lowest BCUT2D eigenvalue weighted by Crippen LogP contribution is -2.21. The van der Waals surface area contributed by atoms with Gasteiger partial charge in [0.25, 0.3) is 0 Å². The number of hydrogen-bond donors (Lipinski definition) is 1. The summed E-state index contributed by atoms with van der Waals surface area (Å²) in [5.74, 6) is 0.502. The fourth-order valence-corrected chi connectivity index (χ4v) is 3.90. The molecule has 2 amide bonds. The van der Waals surface area contributed by atoms with E-state index in [1.807, 2.05) is 0 Å². The predicted molar refractivity (Wildman–Crippen MR) is 117 cm³/mol. The minimum absolute atomic E-state index is 0.0738. The molecule has 1 aliphatic heterocycles. The van der Waals surface area contributed by atoms with Crippen molar-refractivity contribution in [2.75, 3.05) is 5.32 Å². The molecule has 5 rings (SSSR count). The highest BCUT2D eigenvalue weighted by Crippen LogP contribution is 2.33. The molecule has 0 unspecified atom stereocenters. The lowest BCUT2D eigenvalue weighted by Gasteiger charge is -2.11. The molecule has 0 atom stereocenters. The number of fused-ring (bicyclic) bond motifs is 2. The van der Waals surface area contributed by atoms with Crippen LogP contribution in [0.2, 0.25) is 0 Å². The summed E-state index contributed by atoms with van der Waals surface area (Å²) in [6, 6.07) is 6.76. The van der Waals surface area contributed by atoms with Crippen LogP contribution in [0.3, 0.4) is 0 Å². The summed E-state index contributed by atoms with van der Waals surface area (Å²) in [7, 11) is 1.15. The predicted octanol–water partition coefficient (Wildman–Crippen LogP) is 3.92. The van der Waals surface area contributed by atoms with Gasteiger partial charge in [-0.2, -0.15) is 18.3 Å². The number of amides is 2. The van der Waals surface area contributed by atoms with E-state index in [0.717, 1.165) is 24.4 Å². The van der Waals surface area contributed by atoms with Crippen molar-refractivity contribution in [2.45, 2.75) is 26.2 Å². The molecule has 4 heterocycles. The molecular formula is C22H18F3N7O3. The molecule has 0 saturated carbocycles. The van der Waals surface area contributed by atoms with Gasteiger partial charge in [0.2, 0.25) is 11.8 Å². The third-order valence-electron chi connectivity index (χ3n) is 5.63. The number of aryl methyl sites for hydroxylation is 1. The standard InChI is InChI=1S/C22H18F3N7O3/c1-12(33)31-9-15-16(10-31)26-11-27-20(15)35-14-3-4-17-13(7-14)5-6-32(17)21(34)28-19-8-18(22(23,24)25)30(2)29-19/h3-8,11H,9-10H2,1-2H3,(H,28,29,34). The van der Waals surface area contributed by atoms with Crippen LogP contribution in [0.1, 0.15) is 23.9 Å². The van der Waals surface area contributed by atoms with E-state index in [2.05, 4.69) is 20.4 Å². The Bertz CT molecular complexity index is 1470. The lowest BCUT2D eigenvalue weighted by atomic mass is 10.2. The fourth-order valence-electron chi connectivity index (χ4n) is 3.90. The Morgan fingerprint density at radius 2 is 1.91 bits per heavy atom. The van der Waals surface area contributed by atoms with E-state index in [1.165, 1.54) is 24.0 Å². The van der Waals surface area contributed by atoms with Crippen molar-refractivity contribution in [3.63, 3.8) is 0 Å². The average molecular weight is 485 g/mol. The Labute approximate surface area is 195 Å². The van der Waals surface area contributed by atoms with Crippen molar-refractivity contribution in [1.82, 2.24) is 29.2 Å². The Kier molecular flexibility index (Phi) is 5.19. The summed E-state index contributed by atoms with van der Waals surface area (Å²) in [4.78, 5) is 34.5. The molecule has 3 aromatic heterocycles. The van der Waals surface area contributed by atoms with Crippen LogP contribution in [-0.2, 0) is 31.1 Å². The molecule has 0 bridgehead atoms. The van der Waals surface area contributed by atoms with Crippen molar-refractivity contribution >= 4 is 28.7 Å². The number of carbonyl (C=O) groups is 2. The van der Waals surface area contributed by atoms with E-state index in [0.29, 0.717) is 40.3 Å². The van der Waals surface area contributed by atoms with Gasteiger partial charge in [-0.25, -0.2) is 14.8 Å². The highest BCUT2D eigenvalue weighted by atomic mass is 19.4. The van der Waals surface area contributed by atoms with Crippen LogP contribution in [0.25, 0.3) is 10.9 Å². The van der Waals surface area contributed by atoms with Crippen LogP contribution < -0.4 is 10.1 Å². The van der Waals surface area contributed by atoms with Gasteiger partial charge in [0.15, 0.2) is 5.82 Å². The Morgan fingerprint density at radius 1 is 1.11 bits per heavy atom. The summed E-state index contributed by atoms with van der Waals surface area (Å²) in [6.45, 7) is 2.22. The summed E-state index contributed by atoms with van der Waals surface area (Å²) in [6.07, 6.45) is -1.72. The summed E-state index contributed by atoms with van der Waals surface area (Å²) < 4.78 is 46.8. The highest BCUT2D eigenvalue weighted by molar-refractivity contribution is 5.98. The molecule has 13 heteroatoms. The Morgan fingerprint density at radius 3 is 2.63 bits per heavy atom. The van der Waals surface area contributed by atoms with Crippen molar-refractivity contribution in [2.24, 2.45) is 7.05 Å². The molecule has 1 aromatic carbocycles. The number of halogens is 3. The second kappa shape index (κ2) is 8.11. The topological polar surface area (TPSA) is 107 Å². The Hall–Kier alpha value is -4.42. The third kappa shape index (κ3) is 4.16. The summed E-state index contributed by atoms with van der Waals surface area (Å²) >= 11 is 0. The van der Waals surface area contributed by atoms with E-state index in [1.54, 1.807) is 29.2 Å². The second-order valence-corrected chi connectivity index (χ2v) is 7.95. The van der Waals surface area contributed by atoms with Gasteiger partial charge in [-0.15, -0.1) is 0 Å². The molecule has 4 aromatic rings. The van der Waals surface area contributed by atoms with Crippen molar-refractivity contribution in [3.05, 3.63) is 59.8 Å². The maximum absolute atomic E-state index is 13.0. The highest BCUT2D eigenvalue weighted by Gasteiger charge is 2.35. The third-order valence-corrected chi connectivity index (χ3v) is 5.63. The minimum atomic E-state index is -4.59. The number of carbonyl (C=O) groups excluding carboxylic acids is 2.